The highest BCUT2D eigenvalue weighted by atomic mass is 19.1. The van der Waals surface area contributed by atoms with Crippen LogP contribution in [0.3, 0.4) is 0 Å². The number of carbonyl (C=O) groups excluding carboxylic acids is 1. The van der Waals surface area contributed by atoms with Crippen LogP contribution in [0.2, 0.25) is 0 Å². The number of rotatable bonds is 8. The fourth-order valence-corrected chi connectivity index (χ4v) is 3.83. The summed E-state index contributed by atoms with van der Waals surface area (Å²) in [5.41, 5.74) is 0.677. The van der Waals surface area contributed by atoms with Crippen LogP contribution in [0.25, 0.3) is 0 Å². The van der Waals surface area contributed by atoms with E-state index in [9.17, 15) is 9.18 Å². The van der Waals surface area contributed by atoms with E-state index in [1.807, 2.05) is 12.1 Å². The van der Waals surface area contributed by atoms with Crippen molar-refractivity contribution in [2.24, 2.45) is 4.99 Å². The molecule has 2 N–H and O–H groups in total. The molecule has 0 aromatic heterocycles. The number of methoxy groups -OCH3 is 1. The molecular formula is C21H32FN5O2. The van der Waals surface area contributed by atoms with Gasteiger partial charge in [-0.3, -0.25) is 14.7 Å². The summed E-state index contributed by atoms with van der Waals surface area (Å²) in [7, 11) is 3.40. The Morgan fingerprint density at radius 1 is 1.21 bits per heavy atom. The van der Waals surface area contributed by atoms with Crippen molar-refractivity contribution in [1.29, 1.82) is 0 Å². The standard InChI is InChI=1S/C21H32FN5O2/c1-23-20(25-16-21(7-8-21)17-5-3-4-6-18(17)22)27-12-10-26(11-13-27)15-19(28)24-9-14-29-2/h3-6H,7-16H2,1-2H3,(H,23,25)(H,24,28). The number of nitrogens with one attached hydrogen (secondary N) is 2. The summed E-state index contributed by atoms with van der Waals surface area (Å²) in [5.74, 6) is 0.745. The molecule has 1 saturated carbocycles. The first-order chi connectivity index (χ1) is 14.1. The van der Waals surface area contributed by atoms with Gasteiger partial charge in [0.2, 0.25) is 5.91 Å². The normalized spacial score (nSPS) is 19.1. The predicted molar refractivity (Wildman–Crippen MR) is 112 cm³/mol. The second-order valence-electron chi connectivity index (χ2n) is 7.77. The van der Waals surface area contributed by atoms with Crippen LogP contribution in [0.1, 0.15) is 18.4 Å². The Bertz CT molecular complexity index is 715. The molecular weight excluding hydrogens is 373 g/mol. The topological polar surface area (TPSA) is 69.2 Å². The van der Waals surface area contributed by atoms with Crippen LogP contribution in [0.5, 0.6) is 0 Å². The number of benzene rings is 1. The van der Waals surface area contributed by atoms with Gasteiger partial charge in [0.05, 0.1) is 13.2 Å². The van der Waals surface area contributed by atoms with E-state index in [2.05, 4.69) is 25.4 Å². The molecule has 1 amide bonds. The minimum Gasteiger partial charge on any atom is -0.383 e. The summed E-state index contributed by atoms with van der Waals surface area (Å²) in [5, 5.41) is 6.31. The van der Waals surface area contributed by atoms with Crippen LogP contribution in [0, 0.1) is 5.82 Å². The van der Waals surface area contributed by atoms with Gasteiger partial charge in [0.15, 0.2) is 5.96 Å². The molecule has 1 aliphatic heterocycles. The van der Waals surface area contributed by atoms with Crippen LogP contribution in [-0.4, -0.2) is 88.2 Å². The average Bonchev–Trinajstić information content (AvgIpc) is 3.51. The number of guanidine groups is 1. The monoisotopic (exact) mass is 405 g/mol. The molecule has 0 atom stereocenters. The summed E-state index contributed by atoms with van der Waals surface area (Å²) in [6.45, 7) is 5.36. The maximum Gasteiger partial charge on any atom is 0.234 e. The summed E-state index contributed by atoms with van der Waals surface area (Å²) in [4.78, 5) is 20.7. The van der Waals surface area contributed by atoms with Gasteiger partial charge >= 0.3 is 0 Å². The van der Waals surface area contributed by atoms with E-state index in [0.29, 0.717) is 26.2 Å². The van der Waals surface area contributed by atoms with Gasteiger partial charge in [0.1, 0.15) is 5.82 Å². The first-order valence-electron chi connectivity index (χ1n) is 10.3. The minimum absolute atomic E-state index is 0.0265. The number of hydrogen-bond donors (Lipinski definition) is 2. The number of carbonyl (C=O) groups is 1. The molecule has 1 saturated heterocycles. The largest absolute Gasteiger partial charge is 0.383 e. The van der Waals surface area contributed by atoms with Crippen molar-refractivity contribution in [3.8, 4) is 0 Å². The molecule has 2 fully saturated rings. The van der Waals surface area contributed by atoms with E-state index in [0.717, 1.165) is 50.5 Å². The Labute approximate surface area is 172 Å². The van der Waals surface area contributed by atoms with Gasteiger partial charge in [0.25, 0.3) is 0 Å². The molecule has 0 bridgehead atoms. The third-order valence-electron chi connectivity index (χ3n) is 5.76. The van der Waals surface area contributed by atoms with E-state index in [4.69, 9.17) is 4.74 Å². The first kappa shape index (κ1) is 21.5. The van der Waals surface area contributed by atoms with Gasteiger partial charge in [-0.15, -0.1) is 0 Å². The summed E-state index contributed by atoms with van der Waals surface area (Å²) in [6, 6.07) is 7.06. The van der Waals surface area contributed by atoms with Gasteiger partial charge in [-0.05, 0) is 24.5 Å². The highest BCUT2D eigenvalue weighted by molar-refractivity contribution is 5.80. The second-order valence-corrected chi connectivity index (χ2v) is 7.77. The van der Waals surface area contributed by atoms with E-state index < -0.39 is 0 Å². The lowest BCUT2D eigenvalue weighted by Gasteiger charge is -2.36. The van der Waals surface area contributed by atoms with Crippen molar-refractivity contribution in [3.05, 3.63) is 35.6 Å². The zero-order valence-electron chi connectivity index (χ0n) is 17.4. The summed E-state index contributed by atoms with van der Waals surface area (Å²) in [6.07, 6.45) is 1.98. The van der Waals surface area contributed by atoms with E-state index in [1.165, 1.54) is 6.07 Å². The minimum atomic E-state index is -0.126. The quantitative estimate of drug-likeness (QED) is 0.381. The van der Waals surface area contributed by atoms with Gasteiger partial charge in [-0.1, -0.05) is 18.2 Å². The number of hydrogen-bond acceptors (Lipinski definition) is 4. The SMILES string of the molecule is CN=C(NCC1(c2ccccc2F)CC1)N1CCN(CC(=O)NCCOC)CC1. The lowest BCUT2D eigenvalue weighted by Crippen LogP contribution is -2.54. The number of aliphatic imine (C=N–C) groups is 1. The number of ether oxygens (including phenoxy) is 1. The molecule has 0 spiro atoms. The van der Waals surface area contributed by atoms with Crippen LogP contribution in [-0.2, 0) is 14.9 Å². The van der Waals surface area contributed by atoms with E-state index in [-0.39, 0.29) is 17.1 Å². The van der Waals surface area contributed by atoms with Crippen molar-refractivity contribution >= 4 is 11.9 Å². The molecule has 1 aliphatic carbocycles. The lowest BCUT2D eigenvalue weighted by atomic mass is 9.95. The van der Waals surface area contributed by atoms with Crippen molar-refractivity contribution in [3.63, 3.8) is 0 Å². The van der Waals surface area contributed by atoms with Crippen molar-refractivity contribution in [2.45, 2.75) is 18.3 Å². The van der Waals surface area contributed by atoms with Gasteiger partial charge in [-0.2, -0.15) is 0 Å². The molecule has 3 rings (SSSR count). The Morgan fingerprint density at radius 3 is 2.55 bits per heavy atom. The molecule has 29 heavy (non-hydrogen) atoms. The lowest BCUT2D eigenvalue weighted by molar-refractivity contribution is -0.122. The summed E-state index contributed by atoms with van der Waals surface area (Å²) >= 11 is 0. The number of piperazine rings is 1. The first-order valence-corrected chi connectivity index (χ1v) is 10.3. The number of halogens is 1. The van der Waals surface area contributed by atoms with Crippen molar-refractivity contribution < 1.29 is 13.9 Å². The van der Waals surface area contributed by atoms with Crippen molar-refractivity contribution in [2.75, 3.05) is 66.6 Å². The molecule has 0 unspecified atom stereocenters. The Hall–Kier alpha value is -2.19. The van der Waals surface area contributed by atoms with Gasteiger partial charge in [0, 0.05) is 58.8 Å². The molecule has 1 aromatic rings. The van der Waals surface area contributed by atoms with Gasteiger partial charge < -0.3 is 20.3 Å². The third-order valence-corrected chi connectivity index (χ3v) is 5.76. The number of nitrogens with zero attached hydrogens (tertiary/aromatic N) is 3. The van der Waals surface area contributed by atoms with E-state index >= 15 is 0 Å². The zero-order chi connectivity index (χ0) is 20.7. The smallest absolute Gasteiger partial charge is 0.234 e. The van der Waals surface area contributed by atoms with E-state index in [1.54, 1.807) is 20.2 Å². The van der Waals surface area contributed by atoms with Crippen LogP contribution < -0.4 is 10.6 Å². The molecule has 160 valence electrons. The maximum atomic E-state index is 14.2. The molecule has 0 radical (unpaired) electrons. The highest BCUT2D eigenvalue weighted by Crippen LogP contribution is 2.48. The second kappa shape index (κ2) is 10.0. The molecule has 8 heteroatoms. The Balaban J connectivity index is 1.45. The fraction of sp³-hybridized carbons (Fsp3) is 0.619. The Kier molecular flexibility index (Phi) is 7.44. The fourth-order valence-electron chi connectivity index (χ4n) is 3.83. The average molecular weight is 406 g/mol. The molecule has 1 heterocycles. The Morgan fingerprint density at radius 2 is 1.93 bits per heavy atom. The number of amides is 1. The molecule has 7 nitrogen and oxygen atoms in total. The predicted octanol–water partition coefficient (Wildman–Crippen LogP) is 0.813. The maximum absolute atomic E-state index is 14.2. The van der Waals surface area contributed by atoms with Gasteiger partial charge in [-0.25, -0.2) is 4.39 Å². The van der Waals surface area contributed by atoms with Crippen molar-refractivity contribution in [1.82, 2.24) is 20.4 Å². The zero-order valence-corrected chi connectivity index (χ0v) is 17.4. The summed E-state index contributed by atoms with van der Waals surface area (Å²) < 4.78 is 19.2. The highest BCUT2D eigenvalue weighted by Gasteiger charge is 2.46. The van der Waals surface area contributed by atoms with Crippen LogP contribution in [0.4, 0.5) is 4.39 Å². The van der Waals surface area contributed by atoms with Crippen LogP contribution in [0.15, 0.2) is 29.3 Å². The third kappa shape index (κ3) is 5.67. The molecule has 1 aromatic carbocycles. The molecule has 2 aliphatic rings. The van der Waals surface area contributed by atoms with Crippen LogP contribution >= 0.6 is 0 Å².